The van der Waals surface area contributed by atoms with Gasteiger partial charge in [-0.05, 0) is 53.3 Å². The lowest BCUT2D eigenvalue weighted by Gasteiger charge is -2.09. The normalized spacial score (nSPS) is 11.2. The molecular formula is C26H27NO4. The first kappa shape index (κ1) is 22.1. The van der Waals surface area contributed by atoms with Gasteiger partial charge in [-0.15, -0.1) is 0 Å². The standard InChI is InChI=1S/C26H27NO4/c1-3-25(23-11-9-22(10-12-23)21-7-5-4-6-8-21)27-31-14-13-30-24-16-19(2)15-20(17-24)18-26(28)29/h4-12,15-17H,3,13-14,18H2,1-2H3,(H,28,29)/b27-25+. The Balaban J connectivity index is 1.54. The number of carbonyl (C=O) groups is 1. The molecule has 0 aliphatic heterocycles. The molecule has 0 heterocycles. The van der Waals surface area contributed by atoms with E-state index in [1.165, 1.54) is 5.56 Å². The highest BCUT2D eigenvalue weighted by molar-refractivity contribution is 6.00. The Kier molecular flexibility index (Phi) is 7.82. The van der Waals surface area contributed by atoms with Crippen LogP contribution in [0.25, 0.3) is 11.1 Å². The molecule has 0 saturated carbocycles. The Morgan fingerprint density at radius 3 is 2.32 bits per heavy atom. The van der Waals surface area contributed by atoms with Crippen molar-refractivity contribution < 1.29 is 19.5 Å². The molecule has 160 valence electrons. The van der Waals surface area contributed by atoms with Crippen molar-refractivity contribution in [2.24, 2.45) is 5.16 Å². The third kappa shape index (κ3) is 6.71. The lowest BCUT2D eigenvalue weighted by molar-refractivity contribution is -0.136. The Morgan fingerprint density at radius 1 is 0.935 bits per heavy atom. The molecule has 0 radical (unpaired) electrons. The summed E-state index contributed by atoms with van der Waals surface area (Å²) < 4.78 is 5.71. The van der Waals surface area contributed by atoms with E-state index < -0.39 is 5.97 Å². The summed E-state index contributed by atoms with van der Waals surface area (Å²) in [5.41, 5.74) is 5.92. The topological polar surface area (TPSA) is 68.1 Å². The van der Waals surface area contributed by atoms with Crippen LogP contribution in [0.2, 0.25) is 0 Å². The van der Waals surface area contributed by atoms with Crippen LogP contribution in [0.5, 0.6) is 5.75 Å². The van der Waals surface area contributed by atoms with Gasteiger partial charge in [0.05, 0.1) is 12.1 Å². The van der Waals surface area contributed by atoms with E-state index >= 15 is 0 Å². The number of aryl methyl sites for hydroxylation is 1. The predicted octanol–water partition coefficient (Wildman–Crippen LogP) is 5.50. The predicted molar refractivity (Wildman–Crippen MR) is 123 cm³/mol. The number of aliphatic carboxylic acids is 1. The average Bonchev–Trinajstić information content (AvgIpc) is 2.76. The van der Waals surface area contributed by atoms with E-state index in [-0.39, 0.29) is 6.42 Å². The summed E-state index contributed by atoms with van der Waals surface area (Å²) in [6.45, 7) is 4.58. The van der Waals surface area contributed by atoms with Crippen molar-refractivity contribution in [3.63, 3.8) is 0 Å². The van der Waals surface area contributed by atoms with Gasteiger partial charge in [-0.3, -0.25) is 4.79 Å². The number of ether oxygens (including phenoxy) is 1. The number of hydrogen-bond acceptors (Lipinski definition) is 4. The molecule has 0 amide bonds. The summed E-state index contributed by atoms with van der Waals surface area (Å²) in [5.74, 6) is -0.228. The van der Waals surface area contributed by atoms with E-state index in [4.69, 9.17) is 14.7 Å². The molecule has 0 aliphatic carbocycles. The zero-order chi connectivity index (χ0) is 22.1. The second-order valence-electron chi connectivity index (χ2n) is 7.24. The van der Waals surface area contributed by atoms with Crippen LogP contribution in [0, 0.1) is 6.92 Å². The molecule has 5 heteroatoms. The maximum absolute atomic E-state index is 10.9. The number of hydrogen-bond donors (Lipinski definition) is 1. The quantitative estimate of drug-likeness (QED) is 0.269. The molecule has 0 spiro atoms. The number of carboxylic acid groups (broad SMARTS) is 1. The van der Waals surface area contributed by atoms with Crippen molar-refractivity contribution in [2.75, 3.05) is 13.2 Å². The van der Waals surface area contributed by atoms with Crippen molar-refractivity contribution in [1.82, 2.24) is 0 Å². The van der Waals surface area contributed by atoms with Crippen LogP contribution >= 0.6 is 0 Å². The summed E-state index contributed by atoms with van der Waals surface area (Å²) in [7, 11) is 0. The van der Waals surface area contributed by atoms with E-state index in [1.54, 1.807) is 6.07 Å². The lowest BCUT2D eigenvalue weighted by Crippen LogP contribution is -2.07. The monoisotopic (exact) mass is 417 g/mol. The van der Waals surface area contributed by atoms with Gasteiger partial charge in [0.25, 0.3) is 0 Å². The SMILES string of the molecule is CC/C(=N\OCCOc1cc(C)cc(CC(=O)O)c1)c1ccc(-c2ccccc2)cc1. The van der Waals surface area contributed by atoms with Crippen LogP contribution in [0.3, 0.4) is 0 Å². The first-order chi connectivity index (χ1) is 15.0. The highest BCUT2D eigenvalue weighted by atomic mass is 16.6. The molecule has 3 rings (SSSR count). The Labute approximate surface area is 182 Å². The molecule has 0 saturated heterocycles. The van der Waals surface area contributed by atoms with Gasteiger partial charge in [0.1, 0.15) is 12.4 Å². The zero-order valence-electron chi connectivity index (χ0n) is 17.9. The zero-order valence-corrected chi connectivity index (χ0v) is 17.9. The number of nitrogens with zero attached hydrogens (tertiary/aromatic N) is 1. The number of rotatable bonds is 10. The number of oxime groups is 1. The van der Waals surface area contributed by atoms with Crippen molar-refractivity contribution in [3.05, 3.63) is 89.5 Å². The van der Waals surface area contributed by atoms with Crippen molar-refractivity contribution in [2.45, 2.75) is 26.7 Å². The fraction of sp³-hybridized carbons (Fsp3) is 0.231. The Morgan fingerprint density at radius 2 is 1.65 bits per heavy atom. The van der Waals surface area contributed by atoms with Crippen molar-refractivity contribution in [1.29, 1.82) is 0 Å². The summed E-state index contributed by atoms with van der Waals surface area (Å²) in [6, 6.07) is 24.0. The Hall–Kier alpha value is -3.60. The Bertz CT molecular complexity index is 1030. The van der Waals surface area contributed by atoms with Gasteiger partial charge in [0.2, 0.25) is 0 Å². The number of benzene rings is 3. The maximum Gasteiger partial charge on any atom is 0.307 e. The minimum atomic E-state index is -0.863. The van der Waals surface area contributed by atoms with E-state index in [9.17, 15) is 4.79 Å². The van der Waals surface area contributed by atoms with E-state index in [0.717, 1.165) is 28.8 Å². The smallest absolute Gasteiger partial charge is 0.307 e. The highest BCUT2D eigenvalue weighted by Gasteiger charge is 2.06. The first-order valence-electron chi connectivity index (χ1n) is 10.3. The summed E-state index contributed by atoms with van der Waals surface area (Å²) in [5, 5.41) is 13.2. The van der Waals surface area contributed by atoms with E-state index in [0.29, 0.717) is 24.5 Å². The molecule has 3 aromatic rings. The van der Waals surface area contributed by atoms with Crippen molar-refractivity contribution in [3.8, 4) is 16.9 Å². The van der Waals surface area contributed by atoms with Crippen LogP contribution in [0.15, 0.2) is 78.0 Å². The highest BCUT2D eigenvalue weighted by Crippen LogP contribution is 2.20. The van der Waals surface area contributed by atoms with Gasteiger partial charge in [-0.25, -0.2) is 0 Å². The summed E-state index contributed by atoms with van der Waals surface area (Å²) in [4.78, 5) is 16.4. The minimum Gasteiger partial charge on any atom is -0.490 e. The van der Waals surface area contributed by atoms with Gasteiger partial charge in [0, 0.05) is 0 Å². The molecule has 3 aromatic carbocycles. The lowest BCUT2D eigenvalue weighted by atomic mass is 10.0. The van der Waals surface area contributed by atoms with E-state index in [2.05, 4.69) is 41.6 Å². The van der Waals surface area contributed by atoms with Crippen LogP contribution in [0.1, 0.15) is 30.0 Å². The van der Waals surface area contributed by atoms with Crippen LogP contribution in [0.4, 0.5) is 0 Å². The minimum absolute atomic E-state index is 0.0260. The average molecular weight is 418 g/mol. The van der Waals surface area contributed by atoms with Gasteiger partial charge in [0.15, 0.2) is 6.61 Å². The van der Waals surface area contributed by atoms with Gasteiger partial charge in [-0.1, -0.05) is 72.7 Å². The van der Waals surface area contributed by atoms with Crippen molar-refractivity contribution >= 4 is 11.7 Å². The fourth-order valence-corrected chi connectivity index (χ4v) is 3.31. The largest absolute Gasteiger partial charge is 0.490 e. The molecule has 0 unspecified atom stereocenters. The molecule has 1 N–H and O–H groups in total. The van der Waals surface area contributed by atoms with Crippen LogP contribution < -0.4 is 4.74 Å². The first-order valence-corrected chi connectivity index (χ1v) is 10.3. The molecular weight excluding hydrogens is 390 g/mol. The molecule has 0 bridgehead atoms. The summed E-state index contributed by atoms with van der Waals surface area (Å²) in [6.07, 6.45) is 0.726. The fourth-order valence-electron chi connectivity index (χ4n) is 3.31. The maximum atomic E-state index is 10.9. The van der Waals surface area contributed by atoms with Crippen LogP contribution in [-0.2, 0) is 16.1 Å². The van der Waals surface area contributed by atoms with Gasteiger partial charge < -0.3 is 14.7 Å². The van der Waals surface area contributed by atoms with Gasteiger partial charge >= 0.3 is 5.97 Å². The molecule has 31 heavy (non-hydrogen) atoms. The molecule has 0 aromatic heterocycles. The van der Waals surface area contributed by atoms with E-state index in [1.807, 2.05) is 44.2 Å². The number of carboxylic acids is 1. The third-order valence-corrected chi connectivity index (χ3v) is 4.74. The molecule has 0 atom stereocenters. The second kappa shape index (κ2) is 11.0. The molecule has 0 aliphatic rings. The molecule has 0 fully saturated rings. The third-order valence-electron chi connectivity index (χ3n) is 4.74. The molecule has 5 nitrogen and oxygen atoms in total. The van der Waals surface area contributed by atoms with Gasteiger partial charge in [-0.2, -0.15) is 0 Å². The van der Waals surface area contributed by atoms with Crippen LogP contribution in [-0.4, -0.2) is 30.0 Å². The summed E-state index contributed by atoms with van der Waals surface area (Å²) >= 11 is 0. The second-order valence-corrected chi connectivity index (χ2v) is 7.24.